The Labute approximate surface area is 147 Å². The topological polar surface area (TPSA) is 76.4 Å². The zero-order valence-electron chi connectivity index (χ0n) is 15.2. The third kappa shape index (κ3) is 3.69. The Hall–Kier alpha value is -2.34. The number of aryl methyl sites for hydroxylation is 2. The fourth-order valence-electron chi connectivity index (χ4n) is 3.09. The Kier molecular flexibility index (Phi) is 5.08. The lowest BCUT2D eigenvalue weighted by Crippen LogP contribution is -2.36. The van der Waals surface area contributed by atoms with Gasteiger partial charge >= 0.3 is 0 Å². The maximum atomic E-state index is 11.9. The molecule has 3 rings (SSSR count). The summed E-state index contributed by atoms with van der Waals surface area (Å²) in [5.74, 6) is 1.55. The molecule has 1 aliphatic rings. The summed E-state index contributed by atoms with van der Waals surface area (Å²) in [5, 5.41) is 10.4. The average Bonchev–Trinajstić information content (AvgIpc) is 2.92. The molecule has 2 heterocycles. The number of benzene rings is 1. The van der Waals surface area contributed by atoms with Gasteiger partial charge in [-0.15, -0.1) is 0 Å². The normalized spacial score (nSPS) is 17.6. The number of nitrogens with zero attached hydrogens (tertiary/aromatic N) is 1. The first-order valence-electron chi connectivity index (χ1n) is 8.76. The number of amides is 1. The van der Waals surface area contributed by atoms with Gasteiger partial charge in [-0.3, -0.25) is 4.79 Å². The van der Waals surface area contributed by atoms with Crippen LogP contribution in [0.1, 0.15) is 48.9 Å². The van der Waals surface area contributed by atoms with E-state index in [2.05, 4.69) is 22.7 Å². The van der Waals surface area contributed by atoms with E-state index >= 15 is 0 Å². The van der Waals surface area contributed by atoms with E-state index in [1.807, 2.05) is 39.0 Å². The second-order valence-corrected chi connectivity index (χ2v) is 6.49. The van der Waals surface area contributed by atoms with Crippen LogP contribution >= 0.6 is 0 Å². The molecule has 0 saturated heterocycles. The van der Waals surface area contributed by atoms with Crippen molar-refractivity contribution in [3.63, 3.8) is 0 Å². The minimum atomic E-state index is -0.412. The number of carbonyl (C=O) groups excluding carboxylic acids is 1. The van der Waals surface area contributed by atoms with Crippen molar-refractivity contribution in [3.8, 4) is 5.75 Å². The third-order valence-electron chi connectivity index (χ3n) is 4.70. The van der Waals surface area contributed by atoms with Gasteiger partial charge in [0.25, 0.3) is 5.91 Å². The number of hydrogen-bond acceptors (Lipinski definition) is 5. The molecule has 2 atom stereocenters. The molecule has 0 saturated carbocycles. The molecule has 1 aromatic heterocycles. The van der Waals surface area contributed by atoms with Gasteiger partial charge in [0, 0.05) is 11.6 Å². The molecule has 2 N–H and O–H groups in total. The first-order valence-corrected chi connectivity index (χ1v) is 8.76. The van der Waals surface area contributed by atoms with Crippen LogP contribution in [-0.2, 0) is 11.2 Å². The van der Waals surface area contributed by atoms with Crippen molar-refractivity contribution in [1.29, 1.82) is 0 Å². The molecule has 6 heteroatoms. The van der Waals surface area contributed by atoms with Crippen LogP contribution in [0.3, 0.4) is 0 Å². The van der Waals surface area contributed by atoms with Gasteiger partial charge < -0.3 is 19.9 Å². The zero-order chi connectivity index (χ0) is 18.0. The van der Waals surface area contributed by atoms with Gasteiger partial charge in [-0.25, -0.2) is 0 Å². The van der Waals surface area contributed by atoms with Crippen LogP contribution < -0.4 is 15.4 Å². The summed E-state index contributed by atoms with van der Waals surface area (Å²) in [5.41, 5.74) is 3.99. The molecule has 0 unspecified atom stereocenters. The number of hydrogen-bond donors (Lipinski definition) is 2. The molecule has 0 fully saturated rings. The minimum Gasteiger partial charge on any atom is -0.478 e. The van der Waals surface area contributed by atoms with Crippen molar-refractivity contribution in [1.82, 2.24) is 10.5 Å². The third-order valence-corrected chi connectivity index (χ3v) is 4.70. The summed E-state index contributed by atoms with van der Waals surface area (Å²) in [7, 11) is 0. The molecule has 1 amide bonds. The highest BCUT2D eigenvalue weighted by atomic mass is 16.5. The zero-order valence-corrected chi connectivity index (χ0v) is 15.2. The number of ether oxygens (including phenoxy) is 1. The van der Waals surface area contributed by atoms with Crippen molar-refractivity contribution < 1.29 is 14.1 Å². The highest BCUT2D eigenvalue weighted by Gasteiger charge is 2.26. The smallest absolute Gasteiger partial charge is 0.265 e. The molecule has 6 nitrogen and oxygen atoms in total. The fourth-order valence-corrected chi connectivity index (χ4v) is 3.09. The Bertz CT molecular complexity index is 750. The largest absolute Gasteiger partial charge is 0.478 e. The van der Waals surface area contributed by atoms with Gasteiger partial charge in [-0.2, -0.15) is 0 Å². The van der Waals surface area contributed by atoms with Crippen molar-refractivity contribution in [2.75, 3.05) is 11.9 Å². The quantitative estimate of drug-likeness (QED) is 0.842. The van der Waals surface area contributed by atoms with Crippen molar-refractivity contribution in [2.24, 2.45) is 0 Å². The summed E-state index contributed by atoms with van der Waals surface area (Å²) in [6.45, 7) is 8.80. The van der Waals surface area contributed by atoms with E-state index in [0.717, 1.165) is 41.4 Å². The van der Waals surface area contributed by atoms with Crippen molar-refractivity contribution in [2.45, 2.75) is 52.7 Å². The number of anilines is 1. The molecule has 0 radical (unpaired) electrons. The molecule has 0 aliphatic carbocycles. The van der Waals surface area contributed by atoms with Gasteiger partial charge in [-0.1, -0.05) is 18.1 Å². The van der Waals surface area contributed by atoms with Crippen LogP contribution in [0.2, 0.25) is 0 Å². The maximum absolute atomic E-state index is 11.9. The maximum Gasteiger partial charge on any atom is 0.265 e. The van der Waals surface area contributed by atoms with Gasteiger partial charge in [0.15, 0.2) is 6.10 Å². The lowest BCUT2D eigenvalue weighted by atomic mass is 10.0. The van der Waals surface area contributed by atoms with E-state index in [1.165, 1.54) is 5.56 Å². The first-order chi connectivity index (χ1) is 12.0. The summed E-state index contributed by atoms with van der Waals surface area (Å²) in [4.78, 5) is 11.9. The summed E-state index contributed by atoms with van der Waals surface area (Å²) < 4.78 is 11.0. The standard InChI is InChI=1S/C19H25N3O3/c1-5-17-19(23)21-16-7-6-14(10-18(16)24-17)11(2)20-9-8-15-12(3)22-25-13(15)4/h6-7,10-11,17,20H,5,8-9H2,1-4H3,(H,21,23)/t11-,17-/m1/s1. The monoisotopic (exact) mass is 343 g/mol. The molecule has 134 valence electrons. The van der Waals surface area contributed by atoms with Gasteiger partial charge in [0.05, 0.1) is 11.4 Å². The second-order valence-electron chi connectivity index (χ2n) is 6.49. The summed E-state index contributed by atoms with van der Waals surface area (Å²) in [6.07, 6.45) is 1.12. The molecule has 1 aliphatic heterocycles. The predicted octanol–water partition coefficient (Wildman–Crippen LogP) is 3.29. The lowest BCUT2D eigenvalue weighted by molar-refractivity contribution is -0.123. The van der Waals surface area contributed by atoms with Gasteiger partial charge in [0.2, 0.25) is 0 Å². The second kappa shape index (κ2) is 7.27. The molecule has 2 aromatic rings. The van der Waals surface area contributed by atoms with E-state index in [9.17, 15) is 4.79 Å². The molecular weight excluding hydrogens is 318 g/mol. The predicted molar refractivity (Wildman–Crippen MR) is 95.9 cm³/mol. The van der Waals surface area contributed by atoms with Crippen LogP contribution in [0.5, 0.6) is 5.75 Å². The van der Waals surface area contributed by atoms with E-state index in [0.29, 0.717) is 6.42 Å². The van der Waals surface area contributed by atoms with Crippen molar-refractivity contribution in [3.05, 3.63) is 40.8 Å². The van der Waals surface area contributed by atoms with Crippen LogP contribution in [0, 0.1) is 13.8 Å². The Morgan fingerprint density at radius 1 is 1.36 bits per heavy atom. The Morgan fingerprint density at radius 3 is 2.84 bits per heavy atom. The van der Waals surface area contributed by atoms with E-state index in [4.69, 9.17) is 9.26 Å². The molecule has 25 heavy (non-hydrogen) atoms. The Morgan fingerprint density at radius 2 is 2.16 bits per heavy atom. The molecular formula is C19H25N3O3. The van der Waals surface area contributed by atoms with Crippen LogP contribution in [0.15, 0.2) is 22.7 Å². The van der Waals surface area contributed by atoms with Gasteiger partial charge in [0.1, 0.15) is 11.5 Å². The fraction of sp³-hybridized carbons (Fsp3) is 0.474. The van der Waals surface area contributed by atoms with E-state index in [-0.39, 0.29) is 11.9 Å². The summed E-state index contributed by atoms with van der Waals surface area (Å²) >= 11 is 0. The SMILES string of the molecule is CC[C@H]1Oc2cc([C@@H](C)NCCc3c(C)noc3C)ccc2NC1=O. The average molecular weight is 343 g/mol. The lowest BCUT2D eigenvalue weighted by Gasteiger charge is -2.26. The number of fused-ring (bicyclic) bond motifs is 1. The van der Waals surface area contributed by atoms with Crippen molar-refractivity contribution >= 4 is 11.6 Å². The van der Waals surface area contributed by atoms with Crippen LogP contribution in [0.25, 0.3) is 0 Å². The highest BCUT2D eigenvalue weighted by Crippen LogP contribution is 2.33. The Balaban J connectivity index is 1.63. The summed E-state index contributed by atoms with van der Waals surface area (Å²) in [6, 6.07) is 6.10. The molecule has 0 bridgehead atoms. The highest BCUT2D eigenvalue weighted by molar-refractivity contribution is 5.97. The van der Waals surface area contributed by atoms with E-state index in [1.54, 1.807) is 0 Å². The number of rotatable bonds is 6. The number of carbonyl (C=O) groups is 1. The number of nitrogens with one attached hydrogen (secondary N) is 2. The van der Waals surface area contributed by atoms with Crippen LogP contribution in [-0.4, -0.2) is 23.7 Å². The van der Waals surface area contributed by atoms with E-state index < -0.39 is 6.10 Å². The number of aromatic nitrogens is 1. The first kappa shape index (κ1) is 17.5. The molecule has 1 aromatic carbocycles. The minimum absolute atomic E-state index is 0.0756. The van der Waals surface area contributed by atoms with Crippen LogP contribution in [0.4, 0.5) is 5.69 Å². The molecule has 0 spiro atoms. The van der Waals surface area contributed by atoms with Gasteiger partial charge in [-0.05, 0) is 57.9 Å².